The van der Waals surface area contributed by atoms with E-state index in [2.05, 4.69) is 0 Å². The van der Waals surface area contributed by atoms with Crippen molar-refractivity contribution in [3.63, 3.8) is 0 Å². The third-order valence-corrected chi connectivity index (χ3v) is 4.75. The third-order valence-electron chi connectivity index (χ3n) is 4.75. The van der Waals surface area contributed by atoms with Crippen molar-refractivity contribution in [2.24, 2.45) is 0 Å². The van der Waals surface area contributed by atoms with Gasteiger partial charge in [-0.25, -0.2) is 0 Å². The van der Waals surface area contributed by atoms with Crippen LogP contribution in [0.15, 0.2) is 36.4 Å². The molecule has 0 aromatic heterocycles. The minimum Gasteiger partial charge on any atom is -0.504 e. The van der Waals surface area contributed by atoms with Crippen molar-refractivity contribution in [3.05, 3.63) is 53.1 Å². The number of phenolic OH excluding ortho intramolecular Hbond substituents is 1. The van der Waals surface area contributed by atoms with E-state index in [0.29, 0.717) is 17.2 Å². The molecule has 0 amide bonds. The normalized spacial score (nSPS) is 17.7. The van der Waals surface area contributed by atoms with E-state index < -0.39 is 6.10 Å². The summed E-state index contributed by atoms with van der Waals surface area (Å²) in [6.45, 7) is 1.39. The summed E-state index contributed by atoms with van der Waals surface area (Å²) < 4.78 is 22.3. The molecule has 1 aliphatic heterocycles. The molecule has 154 valence electrons. The Morgan fingerprint density at radius 1 is 1.17 bits per heavy atom. The second-order valence-corrected chi connectivity index (χ2v) is 6.61. The number of carbonyl (C=O) groups excluding carboxylic acids is 1. The molecule has 7 nitrogen and oxygen atoms in total. The van der Waals surface area contributed by atoms with Gasteiger partial charge in [-0.2, -0.15) is 0 Å². The Labute approximate surface area is 169 Å². The number of rotatable bonds is 7. The summed E-state index contributed by atoms with van der Waals surface area (Å²) in [5.74, 6) is 0.788. The molecular formula is C22H24O7. The number of aromatic hydroxyl groups is 1. The molecule has 0 aliphatic carbocycles. The Morgan fingerprint density at radius 2 is 1.93 bits per heavy atom. The number of aliphatic hydroxyl groups is 1. The number of hydrogen-bond donors (Lipinski definition) is 2. The van der Waals surface area contributed by atoms with Crippen LogP contribution in [-0.4, -0.2) is 43.6 Å². The Kier molecular flexibility index (Phi) is 6.29. The molecule has 0 saturated heterocycles. The van der Waals surface area contributed by atoms with Crippen molar-refractivity contribution in [2.45, 2.75) is 18.9 Å². The van der Waals surface area contributed by atoms with Gasteiger partial charge in [-0.05, 0) is 35.4 Å². The molecule has 0 spiro atoms. The van der Waals surface area contributed by atoms with E-state index >= 15 is 0 Å². The van der Waals surface area contributed by atoms with E-state index in [-0.39, 0.29) is 30.9 Å². The lowest BCUT2D eigenvalue weighted by molar-refractivity contribution is -0.141. The highest BCUT2D eigenvalue weighted by Gasteiger charge is 2.39. The van der Waals surface area contributed by atoms with E-state index in [1.54, 1.807) is 31.4 Å². The zero-order valence-electron chi connectivity index (χ0n) is 16.5. The van der Waals surface area contributed by atoms with Crippen molar-refractivity contribution in [3.8, 4) is 23.0 Å². The van der Waals surface area contributed by atoms with Crippen LogP contribution in [0.25, 0.3) is 6.08 Å². The lowest BCUT2D eigenvalue weighted by Gasteiger charge is -2.20. The zero-order chi connectivity index (χ0) is 21.0. The van der Waals surface area contributed by atoms with E-state index in [1.807, 2.05) is 12.1 Å². The van der Waals surface area contributed by atoms with Crippen LogP contribution >= 0.6 is 0 Å². The number of ether oxygens (including phenoxy) is 4. The maximum absolute atomic E-state index is 11.5. The van der Waals surface area contributed by atoms with Crippen LogP contribution in [0.5, 0.6) is 23.0 Å². The number of benzene rings is 2. The summed E-state index contributed by atoms with van der Waals surface area (Å²) in [6.07, 6.45) is 2.94. The fraction of sp³-hybridized carbons (Fsp3) is 0.318. The van der Waals surface area contributed by atoms with Gasteiger partial charge in [0.1, 0.15) is 12.7 Å². The number of aliphatic hydroxyl groups excluding tert-OH is 1. The second-order valence-electron chi connectivity index (χ2n) is 6.61. The second kappa shape index (κ2) is 8.87. The molecule has 2 N–H and O–H groups in total. The first kappa shape index (κ1) is 20.5. The number of methoxy groups -OCH3 is 2. The quantitative estimate of drug-likeness (QED) is 0.689. The Morgan fingerprint density at radius 3 is 2.59 bits per heavy atom. The van der Waals surface area contributed by atoms with E-state index in [1.165, 1.54) is 20.1 Å². The fourth-order valence-corrected chi connectivity index (χ4v) is 3.41. The summed E-state index contributed by atoms with van der Waals surface area (Å²) in [6, 6.07) is 8.72. The Balaban J connectivity index is 2.07. The average molecular weight is 400 g/mol. The zero-order valence-corrected chi connectivity index (χ0v) is 16.5. The molecule has 7 heteroatoms. The topological polar surface area (TPSA) is 94.5 Å². The van der Waals surface area contributed by atoms with Crippen LogP contribution in [0.3, 0.4) is 0 Å². The maximum Gasteiger partial charge on any atom is 0.302 e. The van der Waals surface area contributed by atoms with Gasteiger partial charge in [0.25, 0.3) is 0 Å². The van der Waals surface area contributed by atoms with Crippen LogP contribution in [-0.2, 0) is 9.53 Å². The van der Waals surface area contributed by atoms with Gasteiger partial charge in [-0.3, -0.25) is 4.79 Å². The molecule has 2 aromatic carbocycles. The first-order chi connectivity index (χ1) is 14.0. The Bertz CT molecular complexity index is 920. The van der Waals surface area contributed by atoms with Crippen molar-refractivity contribution < 1.29 is 34.0 Å². The largest absolute Gasteiger partial charge is 0.504 e. The molecule has 0 saturated carbocycles. The van der Waals surface area contributed by atoms with Gasteiger partial charge < -0.3 is 29.2 Å². The average Bonchev–Trinajstić information content (AvgIpc) is 3.08. The molecule has 3 rings (SSSR count). The lowest BCUT2D eigenvalue weighted by Crippen LogP contribution is -2.17. The van der Waals surface area contributed by atoms with Crippen LogP contribution in [0.2, 0.25) is 0 Å². The fourth-order valence-electron chi connectivity index (χ4n) is 3.41. The van der Waals surface area contributed by atoms with E-state index in [0.717, 1.165) is 16.7 Å². The van der Waals surface area contributed by atoms with Crippen LogP contribution < -0.4 is 14.2 Å². The number of carbonyl (C=O) groups is 1. The number of fused-ring (bicyclic) bond motifs is 1. The molecule has 1 aliphatic rings. The minimum atomic E-state index is -0.468. The smallest absolute Gasteiger partial charge is 0.302 e. The van der Waals surface area contributed by atoms with Crippen molar-refractivity contribution in [2.75, 3.05) is 27.4 Å². The van der Waals surface area contributed by atoms with Gasteiger partial charge in [0.2, 0.25) is 0 Å². The van der Waals surface area contributed by atoms with Crippen molar-refractivity contribution in [1.29, 1.82) is 0 Å². The lowest BCUT2D eigenvalue weighted by atomic mass is 9.90. The van der Waals surface area contributed by atoms with E-state index in [9.17, 15) is 9.90 Å². The third kappa shape index (κ3) is 4.30. The maximum atomic E-state index is 11.5. The van der Waals surface area contributed by atoms with Crippen LogP contribution in [0.4, 0.5) is 0 Å². The SMILES string of the molecule is COc1cc([C@@H]2Oc3c(OC)cc(/C=C/CO)cc3[C@H]2COC(C)=O)ccc1O. The predicted octanol–water partition coefficient (Wildman–Crippen LogP) is 3.20. The number of phenols is 1. The summed E-state index contributed by atoms with van der Waals surface area (Å²) in [4.78, 5) is 11.5. The molecule has 0 radical (unpaired) electrons. The van der Waals surface area contributed by atoms with E-state index in [4.69, 9.17) is 24.1 Å². The summed E-state index contributed by atoms with van der Waals surface area (Å²) in [5, 5.41) is 19.0. The number of hydrogen-bond acceptors (Lipinski definition) is 7. The molecular weight excluding hydrogens is 376 g/mol. The monoisotopic (exact) mass is 400 g/mol. The highest BCUT2D eigenvalue weighted by Crippen LogP contribution is 2.51. The molecule has 29 heavy (non-hydrogen) atoms. The van der Waals surface area contributed by atoms with Gasteiger partial charge in [0.05, 0.1) is 26.7 Å². The molecule has 2 atom stereocenters. The standard InChI is InChI=1S/C22H24O7/c1-13(24)28-12-17-16-9-14(5-4-8-23)10-20(27-3)22(16)29-21(17)15-6-7-18(25)19(11-15)26-2/h4-7,9-11,17,21,23,25H,8,12H2,1-3H3/b5-4+/t17-,21+/m1/s1. The molecule has 1 heterocycles. The van der Waals surface area contributed by atoms with Crippen molar-refractivity contribution >= 4 is 12.0 Å². The van der Waals surface area contributed by atoms with Gasteiger partial charge in [0.15, 0.2) is 23.0 Å². The summed E-state index contributed by atoms with van der Waals surface area (Å²) in [7, 11) is 3.03. The summed E-state index contributed by atoms with van der Waals surface area (Å²) >= 11 is 0. The molecule has 0 bridgehead atoms. The van der Waals surface area contributed by atoms with Gasteiger partial charge in [0, 0.05) is 12.5 Å². The van der Waals surface area contributed by atoms with Crippen LogP contribution in [0, 0.1) is 0 Å². The van der Waals surface area contributed by atoms with Crippen LogP contribution in [0.1, 0.15) is 35.6 Å². The minimum absolute atomic E-state index is 0.0253. The highest BCUT2D eigenvalue weighted by molar-refractivity contribution is 5.66. The molecule has 0 fully saturated rings. The molecule has 2 aromatic rings. The highest BCUT2D eigenvalue weighted by atomic mass is 16.5. The first-order valence-corrected chi connectivity index (χ1v) is 9.14. The van der Waals surface area contributed by atoms with Gasteiger partial charge in [-0.1, -0.05) is 18.2 Å². The predicted molar refractivity (Wildman–Crippen MR) is 107 cm³/mol. The van der Waals surface area contributed by atoms with Gasteiger partial charge in [-0.15, -0.1) is 0 Å². The van der Waals surface area contributed by atoms with Gasteiger partial charge >= 0.3 is 5.97 Å². The van der Waals surface area contributed by atoms with Crippen molar-refractivity contribution in [1.82, 2.24) is 0 Å². The molecule has 0 unspecified atom stereocenters. The Hall–Kier alpha value is -3.19. The summed E-state index contributed by atoms with van der Waals surface area (Å²) in [5.41, 5.74) is 2.43. The first-order valence-electron chi connectivity index (χ1n) is 9.14. The number of esters is 1.